The molecular weight excluding hydrogens is 330 g/mol. The average molecular weight is 356 g/mol. The Morgan fingerprint density at radius 3 is 2.88 bits per heavy atom. The van der Waals surface area contributed by atoms with Crippen LogP contribution in [0.2, 0.25) is 0 Å². The van der Waals surface area contributed by atoms with Gasteiger partial charge in [0.15, 0.2) is 11.6 Å². The fraction of sp³-hybridized carbons (Fsp3) is 0.611. The molecule has 1 saturated heterocycles. The van der Waals surface area contributed by atoms with Gasteiger partial charge in [-0.3, -0.25) is 0 Å². The highest BCUT2D eigenvalue weighted by atomic mass is 19.1. The molecule has 25 heavy (non-hydrogen) atoms. The number of piperazine rings is 1. The molecule has 1 N–H and O–H groups in total. The number of hydrogen-bond acceptors (Lipinski definition) is 4. The molecule has 7 heteroatoms. The van der Waals surface area contributed by atoms with Gasteiger partial charge < -0.3 is 19.7 Å². The smallest absolute Gasteiger partial charge is 0.410 e. The SMILES string of the molecule is CCCCOc1ccc(F)c(COC(=O)N2CCNCC2CC)c1F. The number of unbranched alkanes of at least 4 members (excludes halogenated alkanes) is 1. The van der Waals surface area contributed by atoms with Crippen LogP contribution in [0.4, 0.5) is 13.6 Å². The maximum atomic E-state index is 14.4. The molecule has 1 amide bonds. The minimum absolute atomic E-state index is 0.0190. The zero-order valence-electron chi connectivity index (χ0n) is 14.8. The second-order valence-electron chi connectivity index (χ2n) is 6.05. The molecule has 0 aromatic heterocycles. The van der Waals surface area contributed by atoms with Crippen LogP contribution in [0.1, 0.15) is 38.7 Å². The van der Waals surface area contributed by atoms with Crippen molar-refractivity contribution < 1.29 is 23.0 Å². The number of rotatable bonds is 7. The lowest BCUT2D eigenvalue weighted by molar-refractivity contribution is 0.0697. The van der Waals surface area contributed by atoms with E-state index in [-0.39, 0.29) is 17.4 Å². The molecule has 1 unspecified atom stereocenters. The van der Waals surface area contributed by atoms with Gasteiger partial charge in [-0.2, -0.15) is 0 Å². The second kappa shape index (κ2) is 9.56. The zero-order chi connectivity index (χ0) is 18.2. The topological polar surface area (TPSA) is 50.8 Å². The van der Waals surface area contributed by atoms with E-state index in [1.165, 1.54) is 6.07 Å². The van der Waals surface area contributed by atoms with Crippen molar-refractivity contribution in [2.45, 2.75) is 45.8 Å². The number of carbonyl (C=O) groups excluding carboxylic acids is 1. The number of hydrogen-bond donors (Lipinski definition) is 1. The predicted octanol–water partition coefficient (Wildman–Crippen LogP) is 3.46. The van der Waals surface area contributed by atoms with Crippen molar-refractivity contribution in [2.24, 2.45) is 0 Å². The van der Waals surface area contributed by atoms with E-state index in [1.807, 2.05) is 13.8 Å². The Morgan fingerprint density at radius 2 is 2.16 bits per heavy atom. The molecule has 0 saturated carbocycles. The average Bonchev–Trinajstić information content (AvgIpc) is 2.63. The summed E-state index contributed by atoms with van der Waals surface area (Å²) in [5.41, 5.74) is -0.287. The first-order valence-corrected chi connectivity index (χ1v) is 8.82. The van der Waals surface area contributed by atoms with Crippen molar-refractivity contribution in [3.8, 4) is 5.75 Å². The minimum Gasteiger partial charge on any atom is -0.491 e. The van der Waals surface area contributed by atoms with Gasteiger partial charge >= 0.3 is 6.09 Å². The third kappa shape index (κ3) is 5.04. The first-order chi connectivity index (χ1) is 12.1. The summed E-state index contributed by atoms with van der Waals surface area (Å²) in [6, 6.07) is 2.42. The van der Waals surface area contributed by atoms with Crippen LogP contribution in [0, 0.1) is 11.6 Å². The number of ether oxygens (including phenoxy) is 2. The molecule has 1 aliphatic heterocycles. The van der Waals surface area contributed by atoms with Crippen LogP contribution in [0.25, 0.3) is 0 Å². The minimum atomic E-state index is -0.809. The monoisotopic (exact) mass is 356 g/mol. The third-order valence-electron chi connectivity index (χ3n) is 4.30. The summed E-state index contributed by atoms with van der Waals surface area (Å²) < 4.78 is 38.9. The Balaban J connectivity index is 2.01. The normalized spacial score (nSPS) is 17.4. The molecule has 1 atom stereocenters. The van der Waals surface area contributed by atoms with E-state index >= 15 is 0 Å². The lowest BCUT2D eigenvalue weighted by Crippen LogP contribution is -2.53. The number of benzene rings is 1. The largest absolute Gasteiger partial charge is 0.491 e. The van der Waals surface area contributed by atoms with Crippen molar-refractivity contribution in [1.82, 2.24) is 10.2 Å². The fourth-order valence-corrected chi connectivity index (χ4v) is 2.73. The van der Waals surface area contributed by atoms with Gasteiger partial charge in [-0.05, 0) is 25.0 Å². The van der Waals surface area contributed by atoms with E-state index in [2.05, 4.69) is 5.32 Å². The van der Waals surface area contributed by atoms with Crippen molar-refractivity contribution in [2.75, 3.05) is 26.2 Å². The molecule has 1 aromatic rings. The van der Waals surface area contributed by atoms with Gasteiger partial charge in [0.2, 0.25) is 0 Å². The summed E-state index contributed by atoms with van der Waals surface area (Å²) in [6.07, 6.45) is 1.93. The van der Waals surface area contributed by atoms with Crippen molar-refractivity contribution >= 4 is 6.09 Å². The van der Waals surface area contributed by atoms with E-state index in [9.17, 15) is 13.6 Å². The summed E-state index contributed by atoms with van der Waals surface area (Å²) >= 11 is 0. The van der Waals surface area contributed by atoms with Crippen LogP contribution in [-0.4, -0.2) is 43.3 Å². The maximum absolute atomic E-state index is 14.4. The number of amides is 1. The Hall–Kier alpha value is -1.89. The van der Waals surface area contributed by atoms with E-state index in [0.717, 1.165) is 25.3 Å². The predicted molar refractivity (Wildman–Crippen MR) is 90.6 cm³/mol. The zero-order valence-corrected chi connectivity index (χ0v) is 14.8. The highest BCUT2D eigenvalue weighted by Gasteiger charge is 2.27. The molecule has 0 spiro atoms. The van der Waals surface area contributed by atoms with Crippen LogP contribution < -0.4 is 10.1 Å². The Morgan fingerprint density at radius 1 is 1.36 bits per heavy atom. The third-order valence-corrected chi connectivity index (χ3v) is 4.30. The first-order valence-electron chi connectivity index (χ1n) is 8.82. The highest BCUT2D eigenvalue weighted by molar-refractivity contribution is 5.68. The lowest BCUT2D eigenvalue weighted by Gasteiger charge is -2.34. The summed E-state index contributed by atoms with van der Waals surface area (Å²) in [5.74, 6) is -1.58. The Bertz CT molecular complexity index is 584. The Kier molecular flexibility index (Phi) is 7.43. The molecule has 1 heterocycles. The van der Waals surface area contributed by atoms with Crippen molar-refractivity contribution in [1.29, 1.82) is 0 Å². The van der Waals surface area contributed by atoms with Gasteiger partial charge in [-0.1, -0.05) is 20.3 Å². The Labute approximate surface area is 147 Å². The molecule has 1 fully saturated rings. The lowest BCUT2D eigenvalue weighted by atomic mass is 10.1. The van der Waals surface area contributed by atoms with Crippen molar-refractivity contribution in [3.63, 3.8) is 0 Å². The van der Waals surface area contributed by atoms with Gasteiger partial charge in [0.05, 0.1) is 12.2 Å². The van der Waals surface area contributed by atoms with E-state index in [1.54, 1.807) is 4.90 Å². The number of carbonyl (C=O) groups is 1. The van der Waals surface area contributed by atoms with Gasteiger partial charge in [0.1, 0.15) is 12.4 Å². The van der Waals surface area contributed by atoms with Gasteiger partial charge in [0, 0.05) is 25.7 Å². The number of nitrogens with zero attached hydrogens (tertiary/aromatic N) is 1. The molecule has 0 bridgehead atoms. The summed E-state index contributed by atoms with van der Waals surface area (Å²) in [4.78, 5) is 13.9. The molecular formula is C18H26F2N2O3. The molecule has 140 valence electrons. The van der Waals surface area contributed by atoms with Gasteiger partial charge in [-0.15, -0.1) is 0 Å². The quantitative estimate of drug-likeness (QED) is 0.760. The molecule has 0 radical (unpaired) electrons. The van der Waals surface area contributed by atoms with Crippen LogP contribution in [0.3, 0.4) is 0 Å². The maximum Gasteiger partial charge on any atom is 0.410 e. The van der Waals surface area contributed by atoms with E-state index in [4.69, 9.17) is 9.47 Å². The molecule has 2 rings (SSSR count). The summed E-state index contributed by atoms with van der Waals surface area (Å²) in [5, 5.41) is 3.21. The number of halogens is 2. The standard InChI is InChI=1S/C18H26F2N2O3/c1-3-5-10-24-16-7-6-15(19)14(17(16)20)12-25-18(23)22-9-8-21-11-13(22)4-2/h6-7,13,21H,3-5,8-12H2,1-2H3. The van der Waals surface area contributed by atoms with Crippen LogP contribution in [0.15, 0.2) is 12.1 Å². The fourth-order valence-electron chi connectivity index (χ4n) is 2.73. The van der Waals surface area contributed by atoms with Crippen LogP contribution in [0.5, 0.6) is 5.75 Å². The van der Waals surface area contributed by atoms with E-state index in [0.29, 0.717) is 26.2 Å². The molecule has 1 aliphatic rings. The second-order valence-corrected chi connectivity index (χ2v) is 6.05. The van der Waals surface area contributed by atoms with Crippen LogP contribution >= 0.6 is 0 Å². The van der Waals surface area contributed by atoms with Crippen LogP contribution in [-0.2, 0) is 11.3 Å². The highest BCUT2D eigenvalue weighted by Crippen LogP contribution is 2.24. The first kappa shape index (κ1) is 19.4. The van der Waals surface area contributed by atoms with Crippen molar-refractivity contribution in [3.05, 3.63) is 29.3 Å². The molecule has 0 aliphatic carbocycles. The van der Waals surface area contributed by atoms with E-state index < -0.39 is 24.3 Å². The summed E-state index contributed by atoms with van der Waals surface area (Å²) in [7, 11) is 0. The molecule has 5 nitrogen and oxygen atoms in total. The van der Waals surface area contributed by atoms with Gasteiger partial charge in [0.25, 0.3) is 0 Å². The molecule has 1 aromatic carbocycles. The van der Waals surface area contributed by atoms with Gasteiger partial charge in [-0.25, -0.2) is 13.6 Å². The summed E-state index contributed by atoms with van der Waals surface area (Å²) in [6.45, 7) is 5.76. The number of nitrogens with one attached hydrogen (secondary N) is 1.